The summed E-state index contributed by atoms with van der Waals surface area (Å²) < 4.78 is 0. The van der Waals surface area contributed by atoms with Crippen molar-refractivity contribution in [2.45, 2.75) is 50.4 Å². The summed E-state index contributed by atoms with van der Waals surface area (Å²) in [5.41, 5.74) is 11.1. The normalized spacial score (nSPS) is 18.8. The lowest BCUT2D eigenvalue weighted by Gasteiger charge is -2.41. The van der Waals surface area contributed by atoms with Crippen molar-refractivity contribution in [3.05, 3.63) is 114 Å². The molecule has 0 aliphatic carbocycles. The Kier molecular flexibility index (Phi) is 7.70. The van der Waals surface area contributed by atoms with E-state index in [2.05, 4.69) is 58.8 Å². The van der Waals surface area contributed by atoms with E-state index in [-0.39, 0.29) is 11.9 Å². The van der Waals surface area contributed by atoms with Gasteiger partial charge in [0, 0.05) is 36.8 Å². The molecule has 0 spiro atoms. The molecule has 184 valence electrons. The number of pyridine rings is 1. The maximum absolute atomic E-state index is 13.5. The summed E-state index contributed by atoms with van der Waals surface area (Å²) >= 11 is 0. The molecule has 4 aromatic rings. The number of rotatable bonds is 8. The van der Waals surface area contributed by atoms with Crippen LogP contribution >= 0.6 is 0 Å². The monoisotopic (exact) mass is 478 g/mol. The minimum atomic E-state index is -0.529. The molecule has 1 amide bonds. The van der Waals surface area contributed by atoms with Crippen molar-refractivity contribution in [2.24, 2.45) is 5.73 Å². The molecule has 1 aromatic heterocycles. The van der Waals surface area contributed by atoms with Crippen LogP contribution in [0, 0.1) is 0 Å². The van der Waals surface area contributed by atoms with Gasteiger partial charge in [0.1, 0.15) is 0 Å². The van der Waals surface area contributed by atoms with Crippen molar-refractivity contribution in [2.75, 3.05) is 6.54 Å². The van der Waals surface area contributed by atoms with Crippen molar-refractivity contribution >= 4 is 16.8 Å². The first-order valence-electron chi connectivity index (χ1n) is 12.9. The molecular weight excluding hydrogens is 444 g/mol. The number of benzene rings is 3. The van der Waals surface area contributed by atoms with Crippen molar-refractivity contribution in [1.82, 2.24) is 15.2 Å². The average Bonchev–Trinajstić information content (AvgIpc) is 2.93. The second kappa shape index (κ2) is 11.5. The van der Waals surface area contributed by atoms with Gasteiger partial charge in [-0.2, -0.15) is 0 Å². The van der Waals surface area contributed by atoms with Crippen molar-refractivity contribution < 1.29 is 4.79 Å². The Hall–Kier alpha value is -3.54. The van der Waals surface area contributed by atoms with E-state index in [9.17, 15) is 4.79 Å². The number of carbonyl (C=O) groups is 1. The van der Waals surface area contributed by atoms with Crippen LogP contribution in [-0.2, 0) is 24.2 Å². The highest BCUT2D eigenvalue weighted by Crippen LogP contribution is 2.24. The summed E-state index contributed by atoms with van der Waals surface area (Å²) in [4.78, 5) is 20.0. The number of fused-ring (bicyclic) bond motifs is 1. The fourth-order valence-electron chi connectivity index (χ4n) is 5.34. The minimum absolute atomic E-state index is 0.0540. The molecule has 5 heteroatoms. The van der Waals surface area contributed by atoms with E-state index in [1.165, 1.54) is 16.5 Å². The van der Waals surface area contributed by atoms with Gasteiger partial charge in [0.15, 0.2) is 0 Å². The fraction of sp³-hybridized carbons (Fsp3) is 0.290. The zero-order valence-electron chi connectivity index (χ0n) is 20.6. The van der Waals surface area contributed by atoms with Gasteiger partial charge in [-0.3, -0.25) is 9.78 Å². The highest BCUT2D eigenvalue weighted by Gasteiger charge is 2.33. The topological polar surface area (TPSA) is 71.2 Å². The Morgan fingerprint density at radius 1 is 0.944 bits per heavy atom. The molecule has 36 heavy (non-hydrogen) atoms. The van der Waals surface area contributed by atoms with Gasteiger partial charge >= 0.3 is 0 Å². The maximum atomic E-state index is 13.5. The van der Waals surface area contributed by atoms with E-state index in [0.29, 0.717) is 19.0 Å². The molecule has 3 atom stereocenters. The molecule has 1 unspecified atom stereocenters. The Labute approximate surface area is 213 Å². The first-order chi connectivity index (χ1) is 17.7. The number of amides is 1. The zero-order valence-corrected chi connectivity index (χ0v) is 20.6. The SMILES string of the molecule is NC(Cc1ccccc1)C(=O)N1CC[C@H](NCc2ccnc3ccccc23)C[C@H]1Cc1ccccc1. The highest BCUT2D eigenvalue weighted by atomic mass is 16.2. The lowest BCUT2D eigenvalue weighted by molar-refractivity contribution is -0.136. The van der Waals surface area contributed by atoms with E-state index in [1.807, 2.05) is 53.6 Å². The van der Waals surface area contributed by atoms with Gasteiger partial charge in [0.05, 0.1) is 11.6 Å². The van der Waals surface area contributed by atoms with Gasteiger partial charge < -0.3 is 16.0 Å². The molecule has 0 saturated carbocycles. The Morgan fingerprint density at radius 2 is 1.64 bits per heavy atom. The van der Waals surface area contributed by atoms with Gasteiger partial charge in [0.2, 0.25) is 5.91 Å². The first-order valence-corrected chi connectivity index (χ1v) is 12.9. The standard InChI is InChI=1S/C31H34N4O/c32-29(20-24-11-5-2-6-12-24)31(36)35-18-16-26(21-27(35)19-23-9-3-1-4-10-23)34-22-25-15-17-33-30-14-8-7-13-28(25)30/h1-15,17,26-27,29,34H,16,18-22,32H2/t26-,27+,29?/m0/s1. The van der Waals surface area contributed by atoms with Gasteiger partial charge in [-0.25, -0.2) is 0 Å². The Morgan fingerprint density at radius 3 is 2.42 bits per heavy atom. The second-order valence-corrected chi connectivity index (χ2v) is 9.76. The van der Waals surface area contributed by atoms with Crippen molar-refractivity contribution in [1.29, 1.82) is 0 Å². The Balaban J connectivity index is 1.28. The van der Waals surface area contributed by atoms with Crippen LogP contribution in [0.15, 0.2) is 97.2 Å². The van der Waals surface area contributed by atoms with E-state index < -0.39 is 6.04 Å². The number of piperidine rings is 1. The third kappa shape index (κ3) is 5.81. The van der Waals surface area contributed by atoms with Crippen molar-refractivity contribution in [3.8, 4) is 0 Å². The molecule has 1 fully saturated rings. The third-order valence-electron chi connectivity index (χ3n) is 7.25. The van der Waals surface area contributed by atoms with E-state index in [4.69, 9.17) is 5.73 Å². The van der Waals surface area contributed by atoms with Gasteiger partial charge in [0.25, 0.3) is 0 Å². The summed E-state index contributed by atoms with van der Waals surface area (Å²) in [7, 11) is 0. The second-order valence-electron chi connectivity index (χ2n) is 9.76. The number of para-hydroxylation sites is 1. The van der Waals surface area contributed by atoms with Crippen LogP contribution < -0.4 is 11.1 Å². The van der Waals surface area contributed by atoms with E-state index in [1.54, 1.807) is 0 Å². The maximum Gasteiger partial charge on any atom is 0.240 e. The Bertz CT molecular complexity index is 1270. The number of aromatic nitrogens is 1. The molecule has 5 nitrogen and oxygen atoms in total. The van der Waals surface area contributed by atoms with Crippen LogP contribution in [0.2, 0.25) is 0 Å². The molecule has 3 aromatic carbocycles. The molecule has 1 aliphatic rings. The third-order valence-corrected chi connectivity index (χ3v) is 7.25. The molecule has 5 rings (SSSR count). The minimum Gasteiger partial charge on any atom is -0.338 e. The summed E-state index contributed by atoms with van der Waals surface area (Å²) in [6.45, 7) is 1.50. The molecule has 2 heterocycles. The summed E-state index contributed by atoms with van der Waals surface area (Å²) in [6, 6.07) is 30.8. The fourth-order valence-corrected chi connectivity index (χ4v) is 5.34. The number of hydrogen-bond acceptors (Lipinski definition) is 4. The largest absolute Gasteiger partial charge is 0.338 e. The quantitative estimate of drug-likeness (QED) is 0.391. The average molecular weight is 479 g/mol. The predicted octanol–water partition coefficient (Wildman–Crippen LogP) is 4.50. The zero-order chi connectivity index (χ0) is 24.7. The van der Waals surface area contributed by atoms with Gasteiger partial charge in [-0.15, -0.1) is 0 Å². The van der Waals surface area contributed by atoms with Crippen LogP contribution in [0.4, 0.5) is 0 Å². The van der Waals surface area contributed by atoms with Gasteiger partial charge in [-0.1, -0.05) is 78.9 Å². The molecule has 0 bridgehead atoms. The number of nitrogens with one attached hydrogen (secondary N) is 1. The lowest BCUT2D eigenvalue weighted by atomic mass is 9.91. The number of carbonyl (C=O) groups excluding carboxylic acids is 1. The number of likely N-dealkylation sites (tertiary alicyclic amines) is 1. The highest BCUT2D eigenvalue weighted by molar-refractivity contribution is 5.83. The van der Waals surface area contributed by atoms with Crippen LogP contribution in [0.1, 0.15) is 29.5 Å². The summed E-state index contributed by atoms with van der Waals surface area (Å²) in [5, 5.41) is 4.97. The molecule has 3 N–H and O–H groups in total. The van der Waals surface area contributed by atoms with Crippen LogP contribution in [0.25, 0.3) is 10.9 Å². The van der Waals surface area contributed by atoms with Crippen LogP contribution in [-0.4, -0.2) is 40.5 Å². The number of nitrogens with zero attached hydrogens (tertiary/aromatic N) is 2. The predicted molar refractivity (Wildman–Crippen MR) is 145 cm³/mol. The summed E-state index contributed by atoms with van der Waals surface area (Å²) in [6.07, 6.45) is 5.10. The van der Waals surface area contributed by atoms with E-state index >= 15 is 0 Å². The molecule has 1 aliphatic heterocycles. The van der Waals surface area contributed by atoms with Crippen LogP contribution in [0.5, 0.6) is 0 Å². The van der Waals surface area contributed by atoms with Crippen molar-refractivity contribution in [3.63, 3.8) is 0 Å². The smallest absolute Gasteiger partial charge is 0.240 e. The molecular formula is C31H34N4O. The lowest BCUT2D eigenvalue weighted by Crippen LogP contribution is -2.56. The molecule has 1 saturated heterocycles. The summed E-state index contributed by atoms with van der Waals surface area (Å²) in [5.74, 6) is 0.0540. The number of nitrogens with two attached hydrogens (primary N) is 1. The van der Waals surface area contributed by atoms with Gasteiger partial charge in [-0.05, 0) is 54.5 Å². The first kappa shape index (κ1) is 24.2. The molecule has 0 radical (unpaired) electrons. The number of hydrogen-bond donors (Lipinski definition) is 2. The van der Waals surface area contributed by atoms with E-state index in [0.717, 1.165) is 36.9 Å². The van der Waals surface area contributed by atoms with Crippen LogP contribution in [0.3, 0.4) is 0 Å².